The zero-order chi connectivity index (χ0) is 26.1. The molecule has 1 aromatic carbocycles. The quantitative estimate of drug-likeness (QED) is 0.386. The summed E-state index contributed by atoms with van der Waals surface area (Å²) in [6.45, 7) is 3.61. The van der Waals surface area contributed by atoms with E-state index in [2.05, 4.69) is 37.1 Å². The van der Waals surface area contributed by atoms with Crippen LogP contribution in [0.4, 0.5) is 21.8 Å². The van der Waals surface area contributed by atoms with E-state index in [9.17, 15) is 4.79 Å². The summed E-state index contributed by atoms with van der Waals surface area (Å²) < 4.78 is 17.1. The van der Waals surface area contributed by atoms with Gasteiger partial charge in [0, 0.05) is 57.4 Å². The Morgan fingerprint density at radius 2 is 1.89 bits per heavy atom. The van der Waals surface area contributed by atoms with E-state index in [0.29, 0.717) is 33.1 Å². The first-order valence-electron chi connectivity index (χ1n) is 12.2. The highest BCUT2D eigenvalue weighted by Gasteiger charge is 2.26. The first kappa shape index (κ1) is 24.9. The smallest absolute Gasteiger partial charge is 0.253 e. The van der Waals surface area contributed by atoms with Crippen LogP contribution in [0.1, 0.15) is 41.7 Å². The Hall–Kier alpha value is -3.79. The molecule has 0 aliphatic carbocycles. The van der Waals surface area contributed by atoms with Gasteiger partial charge in [-0.25, -0.2) is 24.3 Å². The molecule has 1 amide bonds. The molecule has 5 rings (SSSR count). The van der Waals surface area contributed by atoms with Crippen LogP contribution in [0.15, 0.2) is 43.1 Å². The summed E-state index contributed by atoms with van der Waals surface area (Å²) in [5.74, 6) is 0.478. The number of benzene rings is 1. The third kappa shape index (κ3) is 4.93. The summed E-state index contributed by atoms with van der Waals surface area (Å²) in [5, 5.41) is 3.75. The number of hydrogen-bond donors (Lipinski definition) is 1. The second-order valence-electron chi connectivity index (χ2n) is 9.29. The van der Waals surface area contributed by atoms with Gasteiger partial charge in [-0.05, 0) is 43.0 Å². The summed E-state index contributed by atoms with van der Waals surface area (Å²) in [6.07, 6.45) is 9.17. The normalized spacial score (nSPS) is 14.2. The molecule has 9 nitrogen and oxygen atoms in total. The van der Waals surface area contributed by atoms with Crippen molar-refractivity contribution in [3.05, 3.63) is 65.1 Å². The molecule has 4 aromatic rings. The third-order valence-electron chi connectivity index (χ3n) is 6.68. The van der Waals surface area contributed by atoms with E-state index in [4.69, 9.17) is 11.6 Å². The van der Waals surface area contributed by atoms with Gasteiger partial charge in [-0.15, -0.1) is 0 Å². The van der Waals surface area contributed by atoms with E-state index >= 15 is 4.39 Å². The van der Waals surface area contributed by atoms with Crippen molar-refractivity contribution in [1.29, 1.82) is 0 Å². The number of carbonyl (C=O) groups excluding carboxylic acids is 1. The van der Waals surface area contributed by atoms with Crippen molar-refractivity contribution in [2.75, 3.05) is 37.4 Å². The van der Waals surface area contributed by atoms with Gasteiger partial charge in [0.25, 0.3) is 5.91 Å². The number of piperidine rings is 1. The average molecular weight is 523 g/mol. The summed E-state index contributed by atoms with van der Waals surface area (Å²) in [4.78, 5) is 33.5. The van der Waals surface area contributed by atoms with Crippen LogP contribution in [0.3, 0.4) is 0 Å². The van der Waals surface area contributed by atoms with E-state index in [1.807, 2.05) is 17.0 Å². The Morgan fingerprint density at radius 1 is 1.16 bits per heavy atom. The number of anilines is 3. The SMILES string of the molecule is CCc1cnc(N2CCC(n3cc(F)c4c(Nc5ccc(C(=O)N(C)C)cc5Cl)ncnc43)CC2)nc1. The van der Waals surface area contributed by atoms with Gasteiger partial charge in [0.2, 0.25) is 5.95 Å². The molecule has 1 aliphatic heterocycles. The Balaban J connectivity index is 1.36. The van der Waals surface area contributed by atoms with E-state index in [-0.39, 0.29) is 11.9 Å². The summed E-state index contributed by atoms with van der Waals surface area (Å²) in [5.41, 5.74) is 2.61. The fraction of sp³-hybridized carbons (Fsp3) is 0.346. The molecule has 1 N–H and O–H groups in total. The van der Waals surface area contributed by atoms with Crippen molar-refractivity contribution < 1.29 is 9.18 Å². The Labute approximate surface area is 219 Å². The molecule has 4 heterocycles. The molecular weight excluding hydrogens is 495 g/mol. The second-order valence-corrected chi connectivity index (χ2v) is 9.69. The van der Waals surface area contributed by atoms with Crippen LogP contribution in [-0.2, 0) is 6.42 Å². The zero-order valence-corrected chi connectivity index (χ0v) is 21.7. The van der Waals surface area contributed by atoms with Crippen molar-refractivity contribution in [2.45, 2.75) is 32.2 Å². The van der Waals surface area contributed by atoms with Gasteiger partial charge in [-0.1, -0.05) is 18.5 Å². The molecule has 1 saturated heterocycles. The number of nitrogens with zero attached hydrogens (tertiary/aromatic N) is 7. The van der Waals surface area contributed by atoms with Gasteiger partial charge < -0.3 is 19.7 Å². The number of amides is 1. The van der Waals surface area contributed by atoms with Crippen LogP contribution in [0.5, 0.6) is 0 Å². The first-order chi connectivity index (χ1) is 17.9. The predicted octanol–water partition coefficient (Wildman–Crippen LogP) is 4.86. The molecule has 0 spiro atoms. The largest absolute Gasteiger partial charge is 0.345 e. The molecule has 3 aromatic heterocycles. The number of aromatic nitrogens is 5. The van der Waals surface area contributed by atoms with Gasteiger partial charge in [0.05, 0.1) is 16.1 Å². The standard InChI is InChI=1S/C26H28ClFN8O/c1-4-16-12-29-26(30-13-16)35-9-7-18(8-10-35)36-14-20(28)22-23(31-15-32-24(22)36)33-21-6-5-17(11-19(21)27)25(37)34(2)3/h5-6,11-15,18H,4,7-10H2,1-3H3,(H,31,32,33). The van der Waals surface area contributed by atoms with Gasteiger partial charge in [0.15, 0.2) is 5.82 Å². The van der Waals surface area contributed by atoms with E-state index in [0.717, 1.165) is 43.9 Å². The lowest BCUT2D eigenvalue weighted by Gasteiger charge is -2.32. The van der Waals surface area contributed by atoms with Crippen molar-refractivity contribution in [3.8, 4) is 0 Å². The van der Waals surface area contributed by atoms with E-state index in [1.54, 1.807) is 32.3 Å². The monoisotopic (exact) mass is 522 g/mol. The number of nitrogens with one attached hydrogen (secondary N) is 1. The number of hydrogen-bond acceptors (Lipinski definition) is 7. The average Bonchev–Trinajstić information content (AvgIpc) is 3.26. The molecular formula is C26H28ClFN8O. The van der Waals surface area contributed by atoms with Crippen LogP contribution in [0, 0.1) is 5.82 Å². The van der Waals surface area contributed by atoms with Crippen LogP contribution < -0.4 is 10.2 Å². The lowest BCUT2D eigenvalue weighted by atomic mass is 10.1. The van der Waals surface area contributed by atoms with Crippen LogP contribution >= 0.6 is 11.6 Å². The van der Waals surface area contributed by atoms with Gasteiger partial charge in [-0.2, -0.15) is 0 Å². The summed E-state index contributed by atoms with van der Waals surface area (Å²) >= 11 is 6.44. The molecule has 0 saturated carbocycles. The molecule has 0 unspecified atom stereocenters. The lowest BCUT2D eigenvalue weighted by molar-refractivity contribution is 0.0827. The minimum atomic E-state index is -0.408. The number of halogens is 2. The molecule has 37 heavy (non-hydrogen) atoms. The van der Waals surface area contributed by atoms with Crippen molar-refractivity contribution in [2.24, 2.45) is 0 Å². The van der Waals surface area contributed by atoms with Gasteiger partial charge >= 0.3 is 0 Å². The Kier molecular flexibility index (Phi) is 6.92. The predicted molar refractivity (Wildman–Crippen MR) is 142 cm³/mol. The summed E-state index contributed by atoms with van der Waals surface area (Å²) in [6, 6.07) is 5.02. The van der Waals surface area contributed by atoms with Crippen molar-refractivity contribution in [1.82, 2.24) is 29.4 Å². The minimum Gasteiger partial charge on any atom is -0.345 e. The fourth-order valence-electron chi connectivity index (χ4n) is 4.59. The van der Waals surface area contributed by atoms with Crippen molar-refractivity contribution >= 4 is 46.0 Å². The highest BCUT2D eigenvalue weighted by atomic mass is 35.5. The number of carbonyl (C=O) groups is 1. The Bertz CT molecular complexity index is 1430. The highest BCUT2D eigenvalue weighted by Crippen LogP contribution is 2.34. The maximum Gasteiger partial charge on any atom is 0.253 e. The molecule has 0 radical (unpaired) electrons. The second kappa shape index (κ2) is 10.3. The van der Waals surface area contributed by atoms with Crippen LogP contribution in [0.2, 0.25) is 5.02 Å². The third-order valence-corrected chi connectivity index (χ3v) is 6.99. The molecule has 1 fully saturated rings. The van der Waals surface area contributed by atoms with Gasteiger partial charge in [-0.3, -0.25) is 4.79 Å². The van der Waals surface area contributed by atoms with E-state index < -0.39 is 5.82 Å². The van der Waals surface area contributed by atoms with E-state index in [1.165, 1.54) is 17.4 Å². The maximum atomic E-state index is 15.2. The lowest BCUT2D eigenvalue weighted by Crippen LogP contribution is -2.35. The topological polar surface area (TPSA) is 92.1 Å². The molecule has 192 valence electrons. The van der Waals surface area contributed by atoms with Crippen LogP contribution in [0.25, 0.3) is 11.0 Å². The molecule has 0 atom stereocenters. The Morgan fingerprint density at radius 3 is 2.54 bits per heavy atom. The molecule has 1 aliphatic rings. The van der Waals surface area contributed by atoms with Crippen LogP contribution in [-0.4, -0.2) is 62.5 Å². The highest BCUT2D eigenvalue weighted by molar-refractivity contribution is 6.33. The number of aryl methyl sites for hydroxylation is 1. The van der Waals surface area contributed by atoms with Gasteiger partial charge in [0.1, 0.15) is 17.8 Å². The minimum absolute atomic E-state index is 0.0841. The number of fused-ring (bicyclic) bond motifs is 1. The molecule has 11 heteroatoms. The zero-order valence-electron chi connectivity index (χ0n) is 20.9. The summed E-state index contributed by atoms with van der Waals surface area (Å²) in [7, 11) is 3.35. The molecule has 0 bridgehead atoms. The maximum absolute atomic E-state index is 15.2. The van der Waals surface area contributed by atoms with Crippen molar-refractivity contribution in [3.63, 3.8) is 0 Å². The first-order valence-corrected chi connectivity index (χ1v) is 12.6. The number of rotatable bonds is 6. The fourth-order valence-corrected chi connectivity index (χ4v) is 4.81.